The monoisotopic (exact) mass is 310 g/mol. The number of rotatable bonds is 3. The summed E-state index contributed by atoms with van der Waals surface area (Å²) in [7, 11) is 0. The van der Waals surface area contributed by atoms with Gasteiger partial charge < -0.3 is 10.0 Å². The average molecular weight is 310 g/mol. The largest absolute Gasteiger partial charge is 0.478 e. The first-order valence-corrected chi connectivity index (χ1v) is 7.69. The lowest BCUT2D eigenvalue weighted by Gasteiger charge is -2.29. The Morgan fingerprint density at radius 2 is 2.04 bits per heavy atom. The molecule has 1 fully saturated rings. The van der Waals surface area contributed by atoms with Gasteiger partial charge in [-0.2, -0.15) is 10.4 Å². The number of carboxylic acids is 1. The zero-order chi connectivity index (χ0) is 16.4. The number of carbonyl (C=O) groups is 1. The number of carboxylic acid groups (broad SMARTS) is 1. The Hall–Kier alpha value is -2.81. The van der Waals surface area contributed by atoms with E-state index in [1.165, 1.54) is 17.3 Å². The van der Waals surface area contributed by atoms with Crippen LogP contribution in [0.2, 0.25) is 0 Å². The highest BCUT2D eigenvalue weighted by Crippen LogP contribution is 2.26. The van der Waals surface area contributed by atoms with Crippen LogP contribution in [0.25, 0.3) is 5.69 Å². The van der Waals surface area contributed by atoms with Crippen molar-refractivity contribution in [3.8, 4) is 11.8 Å². The molecule has 6 nitrogen and oxygen atoms in total. The van der Waals surface area contributed by atoms with E-state index in [4.69, 9.17) is 5.11 Å². The second-order valence-corrected chi connectivity index (χ2v) is 5.74. The molecule has 0 aliphatic carbocycles. The van der Waals surface area contributed by atoms with Crippen LogP contribution in [0, 0.1) is 18.3 Å². The van der Waals surface area contributed by atoms with E-state index in [1.807, 2.05) is 12.1 Å². The number of hydrogen-bond donors (Lipinski definition) is 1. The van der Waals surface area contributed by atoms with Gasteiger partial charge in [-0.3, -0.25) is 0 Å². The number of anilines is 1. The van der Waals surface area contributed by atoms with Crippen molar-refractivity contribution < 1.29 is 9.90 Å². The first kappa shape index (κ1) is 15.1. The van der Waals surface area contributed by atoms with Crippen molar-refractivity contribution in [3.63, 3.8) is 0 Å². The number of benzene rings is 1. The van der Waals surface area contributed by atoms with Crippen molar-refractivity contribution in [1.82, 2.24) is 9.78 Å². The molecule has 1 N–H and O–H groups in total. The Bertz CT molecular complexity index is 782. The number of nitriles is 1. The lowest BCUT2D eigenvalue weighted by molar-refractivity contribution is 0.0696. The fourth-order valence-corrected chi connectivity index (χ4v) is 2.97. The van der Waals surface area contributed by atoms with Gasteiger partial charge in [0.15, 0.2) is 0 Å². The second kappa shape index (κ2) is 6.13. The summed E-state index contributed by atoms with van der Waals surface area (Å²) in [5.74, 6) is -1.00. The van der Waals surface area contributed by atoms with Crippen molar-refractivity contribution in [3.05, 3.63) is 41.2 Å². The van der Waals surface area contributed by atoms with Gasteiger partial charge in [0.1, 0.15) is 11.6 Å². The summed E-state index contributed by atoms with van der Waals surface area (Å²) in [6.07, 6.45) is 5.01. The Balaban J connectivity index is 1.97. The van der Waals surface area contributed by atoms with E-state index >= 15 is 0 Å². The summed E-state index contributed by atoms with van der Waals surface area (Å²) in [6.45, 7) is 3.60. The van der Waals surface area contributed by atoms with Crippen LogP contribution in [0.3, 0.4) is 0 Å². The van der Waals surface area contributed by atoms with Crippen molar-refractivity contribution >= 4 is 11.7 Å². The van der Waals surface area contributed by atoms with Gasteiger partial charge in [0, 0.05) is 19.3 Å². The summed E-state index contributed by atoms with van der Waals surface area (Å²) in [5, 5.41) is 22.8. The van der Waals surface area contributed by atoms with Crippen molar-refractivity contribution in [2.45, 2.75) is 26.2 Å². The maximum Gasteiger partial charge on any atom is 0.339 e. The highest BCUT2D eigenvalue weighted by atomic mass is 16.4. The molecule has 2 aromatic rings. The minimum atomic E-state index is -1.00. The molecule has 1 aliphatic heterocycles. The van der Waals surface area contributed by atoms with Gasteiger partial charge in [0.2, 0.25) is 0 Å². The normalized spacial score (nSPS) is 14.5. The van der Waals surface area contributed by atoms with Gasteiger partial charge in [0.05, 0.1) is 22.6 Å². The molecule has 0 atom stereocenters. The highest BCUT2D eigenvalue weighted by Gasteiger charge is 2.17. The molecule has 0 amide bonds. The van der Waals surface area contributed by atoms with Crippen LogP contribution >= 0.6 is 0 Å². The van der Waals surface area contributed by atoms with Gasteiger partial charge in [-0.05, 0) is 44.4 Å². The lowest BCUT2D eigenvalue weighted by atomic mass is 10.1. The molecular formula is C17H18N4O2. The Morgan fingerprint density at radius 3 is 2.65 bits per heavy atom. The van der Waals surface area contributed by atoms with Crippen LogP contribution in [-0.2, 0) is 0 Å². The molecule has 23 heavy (non-hydrogen) atoms. The summed E-state index contributed by atoms with van der Waals surface area (Å²) in [4.78, 5) is 13.4. The average Bonchev–Trinajstić information content (AvgIpc) is 2.97. The van der Waals surface area contributed by atoms with E-state index in [1.54, 1.807) is 13.0 Å². The molecule has 0 spiro atoms. The van der Waals surface area contributed by atoms with Crippen molar-refractivity contribution in [2.75, 3.05) is 18.0 Å². The lowest BCUT2D eigenvalue weighted by Crippen LogP contribution is -2.30. The maximum absolute atomic E-state index is 11.1. The van der Waals surface area contributed by atoms with Crippen LogP contribution in [0.15, 0.2) is 24.4 Å². The molecule has 2 heterocycles. The summed E-state index contributed by atoms with van der Waals surface area (Å²) < 4.78 is 1.51. The smallest absolute Gasteiger partial charge is 0.339 e. The third-order valence-electron chi connectivity index (χ3n) is 4.19. The maximum atomic E-state index is 11.1. The number of hydrogen-bond acceptors (Lipinski definition) is 4. The molecule has 1 aromatic carbocycles. The third kappa shape index (κ3) is 2.90. The number of piperidine rings is 1. The molecule has 6 heteroatoms. The number of aromatic nitrogens is 2. The molecule has 1 saturated heterocycles. The van der Waals surface area contributed by atoms with Crippen molar-refractivity contribution in [2.24, 2.45) is 0 Å². The topological polar surface area (TPSA) is 82.2 Å². The summed E-state index contributed by atoms with van der Waals surface area (Å²) >= 11 is 0. The van der Waals surface area contributed by atoms with E-state index < -0.39 is 5.97 Å². The van der Waals surface area contributed by atoms with E-state index in [-0.39, 0.29) is 5.56 Å². The molecule has 118 valence electrons. The van der Waals surface area contributed by atoms with Gasteiger partial charge in [-0.25, -0.2) is 9.48 Å². The molecule has 0 unspecified atom stereocenters. The minimum absolute atomic E-state index is 0.170. The molecule has 1 aromatic heterocycles. The minimum Gasteiger partial charge on any atom is -0.478 e. The standard InChI is InChI=1S/C17H18N4O2/c1-12-15(17(22)23)11-21(19-12)14-5-6-16(13(9-14)10-18)20-7-3-2-4-8-20/h5-6,9,11H,2-4,7-8H2,1H3,(H,22,23). The van der Waals surface area contributed by atoms with E-state index in [2.05, 4.69) is 16.1 Å². The zero-order valence-corrected chi connectivity index (χ0v) is 13.0. The highest BCUT2D eigenvalue weighted by molar-refractivity contribution is 5.88. The first-order chi connectivity index (χ1) is 11.1. The predicted molar refractivity (Wildman–Crippen MR) is 86.0 cm³/mol. The van der Waals surface area contributed by atoms with Crippen LogP contribution < -0.4 is 4.90 Å². The SMILES string of the molecule is Cc1nn(-c2ccc(N3CCCCC3)c(C#N)c2)cc1C(=O)O. The number of aryl methyl sites for hydroxylation is 1. The van der Waals surface area contributed by atoms with E-state index in [0.29, 0.717) is 16.9 Å². The predicted octanol–water partition coefficient (Wildman–Crippen LogP) is 2.74. The molecule has 0 saturated carbocycles. The van der Waals surface area contributed by atoms with Crippen LogP contribution in [0.4, 0.5) is 5.69 Å². The van der Waals surface area contributed by atoms with Gasteiger partial charge in [0.25, 0.3) is 0 Å². The molecule has 0 bridgehead atoms. The fraction of sp³-hybridized carbons (Fsp3) is 0.353. The first-order valence-electron chi connectivity index (χ1n) is 7.69. The third-order valence-corrected chi connectivity index (χ3v) is 4.19. The fourth-order valence-electron chi connectivity index (χ4n) is 2.97. The Labute approximate surface area is 134 Å². The van der Waals surface area contributed by atoms with Crippen LogP contribution in [0.1, 0.15) is 40.9 Å². The van der Waals surface area contributed by atoms with E-state index in [0.717, 1.165) is 31.6 Å². The van der Waals surface area contributed by atoms with Gasteiger partial charge in [-0.1, -0.05) is 0 Å². The Kier molecular flexibility index (Phi) is 4.02. The molecule has 3 rings (SSSR count). The van der Waals surface area contributed by atoms with Gasteiger partial charge in [-0.15, -0.1) is 0 Å². The second-order valence-electron chi connectivity index (χ2n) is 5.74. The number of aromatic carboxylic acids is 1. The summed E-state index contributed by atoms with van der Waals surface area (Å²) in [5.41, 5.74) is 2.85. The molecule has 1 aliphatic rings. The Morgan fingerprint density at radius 1 is 1.30 bits per heavy atom. The van der Waals surface area contributed by atoms with Gasteiger partial charge >= 0.3 is 5.97 Å². The molecular weight excluding hydrogens is 292 g/mol. The van der Waals surface area contributed by atoms with E-state index in [9.17, 15) is 10.1 Å². The summed E-state index contributed by atoms with van der Waals surface area (Å²) in [6, 6.07) is 7.82. The zero-order valence-electron chi connectivity index (χ0n) is 13.0. The van der Waals surface area contributed by atoms with Crippen LogP contribution in [0.5, 0.6) is 0 Å². The quantitative estimate of drug-likeness (QED) is 0.942. The van der Waals surface area contributed by atoms with Crippen LogP contribution in [-0.4, -0.2) is 33.9 Å². The number of nitrogens with zero attached hydrogens (tertiary/aromatic N) is 4. The molecule has 0 radical (unpaired) electrons. The van der Waals surface area contributed by atoms with Crippen molar-refractivity contribution in [1.29, 1.82) is 5.26 Å².